The molecule has 0 spiro atoms. The highest BCUT2D eigenvalue weighted by molar-refractivity contribution is 5.92. The number of halogens is 1. The standard InChI is InChI=1S/C12H14FN5O/c1-17(11-4-2-3-9(13)5-11)12(19)8-18-7-10(6-14)15-16-18/h2-5,7H,6,8,14H2,1H3. The van der Waals surface area contributed by atoms with Crippen LogP contribution in [-0.2, 0) is 17.9 Å². The molecule has 0 bridgehead atoms. The molecule has 1 amide bonds. The molecule has 0 radical (unpaired) electrons. The minimum Gasteiger partial charge on any atom is -0.325 e. The topological polar surface area (TPSA) is 77.0 Å². The number of nitrogens with two attached hydrogens (primary N) is 1. The zero-order chi connectivity index (χ0) is 13.8. The molecule has 1 aromatic heterocycles. The molecule has 0 saturated heterocycles. The first-order valence-electron chi connectivity index (χ1n) is 5.71. The van der Waals surface area contributed by atoms with Gasteiger partial charge in [0, 0.05) is 19.3 Å². The summed E-state index contributed by atoms with van der Waals surface area (Å²) < 4.78 is 14.5. The van der Waals surface area contributed by atoms with Gasteiger partial charge in [0.1, 0.15) is 12.4 Å². The van der Waals surface area contributed by atoms with E-state index in [9.17, 15) is 9.18 Å². The quantitative estimate of drug-likeness (QED) is 0.873. The van der Waals surface area contributed by atoms with Gasteiger partial charge in [0.25, 0.3) is 0 Å². The van der Waals surface area contributed by atoms with Crippen LogP contribution in [0.3, 0.4) is 0 Å². The number of carbonyl (C=O) groups is 1. The lowest BCUT2D eigenvalue weighted by atomic mass is 10.3. The summed E-state index contributed by atoms with van der Waals surface area (Å²) in [6, 6.07) is 5.83. The summed E-state index contributed by atoms with van der Waals surface area (Å²) >= 11 is 0. The zero-order valence-electron chi connectivity index (χ0n) is 10.5. The molecule has 7 heteroatoms. The van der Waals surface area contributed by atoms with Crippen molar-refractivity contribution in [1.82, 2.24) is 15.0 Å². The Kier molecular flexibility index (Phi) is 3.86. The van der Waals surface area contributed by atoms with Crippen molar-refractivity contribution in [3.63, 3.8) is 0 Å². The van der Waals surface area contributed by atoms with Crippen LogP contribution in [0.4, 0.5) is 10.1 Å². The number of likely N-dealkylation sites (N-methyl/N-ethyl adjacent to an activating group) is 1. The van der Waals surface area contributed by atoms with E-state index in [0.717, 1.165) is 0 Å². The molecule has 1 heterocycles. The van der Waals surface area contributed by atoms with Gasteiger partial charge in [-0.2, -0.15) is 0 Å². The minimum absolute atomic E-state index is 0.0278. The molecule has 1 aromatic carbocycles. The molecule has 0 aliphatic rings. The van der Waals surface area contributed by atoms with Gasteiger partial charge in [-0.1, -0.05) is 11.3 Å². The van der Waals surface area contributed by atoms with Crippen molar-refractivity contribution >= 4 is 11.6 Å². The number of amides is 1. The fourth-order valence-corrected chi connectivity index (χ4v) is 1.58. The number of anilines is 1. The summed E-state index contributed by atoms with van der Waals surface area (Å²) in [4.78, 5) is 13.4. The van der Waals surface area contributed by atoms with E-state index in [4.69, 9.17) is 5.73 Å². The predicted octanol–water partition coefficient (Wildman–Crippen LogP) is 0.539. The molecular formula is C12H14FN5O. The first kappa shape index (κ1) is 13.2. The summed E-state index contributed by atoms with van der Waals surface area (Å²) in [5.41, 5.74) is 6.51. The molecule has 2 rings (SSSR count). The van der Waals surface area contributed by atoms with Gasteiger partial charge in [-0.05, 0) is 18.2 Å². The second kappa shape index (κ2) is 5.57. The summed E-state index contributed by atoms with van der Waals surface area (Å²) in [7, 11) is 1.58. The van der Waals surface area contributed by atoms with E-state index < -0.39 is 0 Å². The third kappa shape index (κ3) is 3.14. The predicted molar refractivity (Wildman–Crippen MR) is 67.7 cm³/mol. The summed E-state index contributed by atoms with van der Waals surface area (Å²) in [5.74, 6) is -0.609. The van der Waals surface area contributed by atoms with E-state index in [0.29, 0.717) is 11.4 Å². The summed E-state index contributed by atoms with van der Waals surface area (Å²) in [6.45, 7) is 0.300. The molecular weight excluding hydrogens is 249 g/mol. The molecule has 2 aromatic rings. The van der Waals surface area contributed by atoms with Crippen LogP contribution in [0, 0.1) is 5.82 Å². The number of rotatable bonds is 4. The molecule has 6 nitrogen and oxygen atoms in total. The third-order valence-corrected chi connectivity index (χ3v) is 2.66. The molecule has 0 atom stereocenters. The molecule has 0 unspecified atom stereocenters. The molecule has 0 fully saturated rings. The lowest BCUT2D eigenvalue weighted by molar-refractivity contribution is -0.119. The van der Waals surface area contributed by atoms with E-state index in [1.165, 1.54) is 21.7 Å². The molecule has 0 aliphatic heterocycles. The second-order valence-corrected chi connectivity index (χ2v) is 4.04. The number of nitrogens with zero attached hydrogens (tertiary/aromatic N) is 4. The lowest BCUT2D eigenvalue weighted by Crippen LogP contribution is -2.30. The van der Waals surface area contributed by atoms with Crippen LogP contribution in [0.2, 0.25) is 0 Å². The van der Waals surface area contributed by atoms with Crippen molar-refractivity contribution < 1.29 is 9.18 Å². The van der Waals surface area contributed by atoms with Gasteiger partial charge in [-0.15, -0.1) is 5.10 Å². The average molecular weight is 263 g/mol. The van der Waals surface area contributed by atoms with Crippen molar-refractivity contribution in [2.24, 2.45) is 5.73 Å². The van der Waals surface area contributed by atoms with E-state index >= 15 is 0 Å². The SMILES string of the molecule is CN(C(=O)Cn1cc(CN)nn1)c1cccc(F)c1. The number of hydrogen-bond acceptors (Lipinski definition) is 4. The second-order valence-electron chi connectivity index (χ2n) is 4.04. The first-order valence-corrected chi connectivity index (χ1v) is 5.71. The lowest BCUT2D eigenvalue weighted by Gasteiger charge is -2.17. The van der Waals surface area contributed by atoms with Crippen molar-refractivity contribution in [3.8, 4) is 0 Å². The Morgan fingerprint density at radius 2 is 2.32 bits per heavy atom. The highest BCUT2D eigenvalue weighted by atomic mass is 19.1. The molecule has 19 heavy (non-hydrogen) atoms. The smallest absolute Gasteiger partial charge is 0.248 e. The van der Waals surface area contributed by atoms with Crippen LogP contribution in [0.5, 0.6) is 0 Å². The Morgan fingerprint density at radius 3 is 2.95 bits per heavy atom. The number of carbonyl (C=O) groups excluding carboxylic acids is 1. The van der Waals surface area contributed by atoms with Crippen LogP contribution in [0.1, 0.15) is 5.69 Å². The molecule has 0 saturated carbocycles. The van der Waals surface area contributed by atoms with E-state index in [1.807, 2.05) is 0 Å². The maximum absolute atomic E-state index is 13.1. The Bertz CT molecular complexity index is 583. The molecule has 0 aliphatic carbocycles. The Hall–Kier alpha value is -2.28. The number of benzene rings is 1. The molecule has 100 valence electrons. The summed E-state index contributed by atoms with van der Waals surface area (Å²) in [5, 5.41) is 7.58. The van der Waals surface area contributed by atoms with Gasteiger partial charge in [-0.3, -0.25) is 4.79 Å². The van der Waals surface area contributed by atoms with Gasteiger partial charge < -0.3 is 10.6 Å². The Balaban J connectivity index is 2.07. The maximum Gasteiger partial charge on any atom is 0.248 e. The van der Waals surface area contributed by atoms with Gasteiger partial charge in [0.15, 0.2) is 0 Å². The number of hydrogen-bond donors (Lipinski definition) is 1. The van der Waals surface area contributed by atoms with E-state index in [2.05, 4.69) is 10.3 Å². The van der Waals surface area contributed by atoms with Gasteiger partial charge in [0.05, 0.1) is 11.9 Å². The van der Waals surface area contributed by atoms with Crippen molar-refractivity contribution in [3.05, 3.63) is 42.0 Å². The van der Waals surface area contributed by atoms with Crippen LogP contribution in [0.25, 0.3) is 0 Å². The fourth-order valence-electron chi connectivity index (χ4n) is 1.58. The van der Waals surface area contributed by atoms with Crippen molar-refractivity contribution in [1.29, 1.82) is 0 Å². The van der Waals surface area contributed by atoms with Crippen LogP contribution >= 0.6 is 0 Å². The molecule has 2 N–H and O–H groups in total. The largest absolute Gasteiger partial charge is 0.325 e. The van der Waals surface area contributed by atoms with Gasteiger partial charge >= 0.3 is 0 Å². The first-order chi connectivity index (χ1) is 9.10. The maximum atomic E-state index is 13.1. The van der Waals surface area contributed by atoms with Gasteiger partial charge in [-0.25, -0.2) is 9.07 Å². The van der Waals surface area contributed by atoms with Crippen LogP contribution < -0.4 is 10.6 Å². The fraction of sp³-hybridized carbons (Fsp3) is 0.250. The summed E-state index contributed by atoms with van der Waals surface area (Å²) in [6.07, 6.45) is 1.61. The number of aromatic nitrogens is 3. The van der Waals surface area contributed by atoms with E-state index in [1.54, 1.807) is 25.4 Å². The normalized spacial score (nSPS) is 10.5. The van der Waals surface area contributed by atoms with Crippen LogP contribution in [0.15, 0.2) is 30.5 Å². The van der Waals surface area contributed by atoms with Gasteiger partial charge in [0.2, 0.25) is 5.91 Å². The average Bonchev–Trinajstić information content (AvgIpc) is 2.85. The zero-order valence-corrected chi connectivity index (χ0v) is 10.5. The highest BCUT2D eigenvalue weighted by Crippen LogP contribution is 2.14. The highest BCUT2D eigenvalue weighted by Gasteiger charge is 2.13. The minimum atomic E-state index is -0.386. The monoisotopic (exact) mass is 263 g/mol. The Labute approximate surface area is 109 Å². The third-order valence-electron chi connectivity index (χ3n) is 2.66. The van der Waals surface area contributed by atoms with E-state index in [-0.39, 0.29) is 24.8 Å². The van der Waals surface area contributed by atoms with Crippen molar-refractivity contribution in [2.45, 2.75) is 13.1 Å². The van der Waals surface area contributed by atoms with Crippen molar-refractivity contribution in [2.75, 3.05) is 11.9 Å². The van der Waals surface area contributed by atoms with Crippen LogP contribution in [-0.4, -0.2) is 27.9 Å². The Morgan fingerprint density at radius 1 is 1.53 bits per heavy atom.